The lowest BCUT2D eigenvalue weighted by atomic mass is 10.2. The lowest BCUT2D eigenvalue weighted by molar-refractivity contribution is -0.115. The van der Waals surface area contributed by atoms with E-state index in [4.69, 9.17) is 0 Å². The van der Waals surface area contributed by atoms with E-state index in [1.54, 1.807) is 43.3 Å². The number of carbonyl (C=O) groups excluding carboxylic acids is 1. The normalized spacial score (nSPS) is 11.1. The Balaban J connectivity index is 2.25. The molecule has 0 heterocycles. The Morgan fingerprint density at radius 2 is 1.83 bits per heavy atom. The van der Waals surface area contributed by atoms with Gasteiger partial charge in [0.05, 0.1) is 10.6 Å². The van der Waals surface area contributed by atoms with E-state index in [2.05, 4.69) is 26.0 Å². The van der Waals surface area contributed by atoms with Crippen LogP contribution >= 0.6 is 15.9 Å². The molecule has 0 aliphatic carbocycles. The summed E-state index contributed by atoms with van der Waals surface area (Å²) in [5.41, 5.74) is 1.76. The van der Waals surface area contributed by atoms with Gasteiger partial charge in [0.15, 0.2) is 0 Å². The lowest BCUT2D eigenvalue weighted by Crippen LogP contribution is -2.14. The quantitative estimate of drug-likeness (QED) is 0.804. The highest BCUT2D eigenvalue weighted by Crippen LogP contribution is 2.23. The minimum Gasteiger partial charge on any atom is -0.326 e. The molecule has 0 unspecified atom stereocenters. The summed E-state index contributed by atoms with van der Waals surface area (Å²) in [4.78, 5) is 11.6. The second-order valence-corrected chi connectivity index (χ2v) is 7.54. The number of amides is 1. The summed E-state index contributed by atoms with van der Waals surface area (Å²) in [7, 11) is -3.69. The van der Waals surface area contributed by atoms with E-state index in [0.717, 1.165) is 10.0 Å². The molecule has 0 spiro atoms. The Labute approximate surface area is 144 Å². The Morgan fingerprint density at radius 1 is 1.13 bits per heavy atom. The van der Waals surface area contributed by atoms with Crippen LogP contribution in [0.5, 0.6) is 0 Å². The number of halogens is 1. The largest absolute Gasteiger partial charge is 0.326 e. The average molecular weight is 397 g/mol. The van der Waals surface area contributed by atoms with Crippen LogP contribution in [0.25, 0.3) is 0 Å². The number of aryl methyl sites for hydroxylation is 1. The molecule has 23 heavy (non-hydrogen) atoms. The van der Waals surface area contributed by atoms with Gasteiger partial charge in [0.2, 0.25) is 5.91 Å². The van der Waals surface area contributed by atoms with Gasteiger partial charge in [0, 0.05) is 16.6 Å². The third-order valence-corrected chi connectivity index (χ3v) is 5.43. The first kappa shape index (κ1) is 17.5. The monoisotopic (exact) mass is 396 g/mol. The molecule has 0 aromatic heterocycles. The Bertz CT molecular complexity index is 835. The molecule has 0 saturated heterocycles. The standard InChI is InChI=1S/C16H17BrN2O3S/c1-3-16(20)18-12-5-4-6-13(10-12)19-23(21,22)14-7-8-15(17)11(2)9-14/h4-10,19H,3H2,1-2H3,(H,18,20). The van der Waals surface area contributed by atoms with Crippen LogP contribution in [0.3, 0.4) is 0 Å². The zero-order valence-corrected chi connectivity index (χ0v) is 15.2. The van der Waals surface area contributed by atoms with Crippen LogP contribution in [0.2, 0.25) is 0 Å². The Hall–Kier alpha value is -1.86. The molecular formula is C16H17BrN2O3S. The molecule has 2 N–H and O–H groups in total. The van der Waals surface area contributed by atoms with Gasteiger partial charge in [-0.05, 0) is 48.9 Å². The topological polar surface area (TPSA) is 75.3 Å². The number of rotatable bonds is 5. The third-order valence-electron chi connectivity index (χ3n) is 3.16. The van der Waals surface area contributed by atoms with E-state index in [1.807, 2.05) is 6.92 Å². The van der Waals surface area contributed by atoms with Gasteiger partial charge >= 0.3 is 0 Å². The SMILES string of the molecule is CCC(=O)Nc1cccc(NS(=O)(=O)c2ccc(Br)c(C)c2)c1. The van der Waals surface area contributed by atoms with Crippen molar-refractivity contribution >= 4 is 43.2 Å². The van der Waals surface area contributed by atoms with Crippen molar-refractivity contribution < 1.29 is 13.2 Å². The van der Waals surface area contributed by atoms with E-state index in [0.29, 0.717) is 17.8 Å². The van der Waals surface area contributed by atoms with E-state index in [-0.39, 0.29) is 10.8 Å². The number of nitrogens with one attached hydrogen (secondary N) is 2. The third kappa shape index (κ3) is 4.56. The van der Waals surface area contributed by atoms with Crippen molar-refractivity contribution in [3.63, 3.8) is 0 Å². The summed E-state index contributed by atoms with van der Waals surface area (Å²) in [6.45, 7) is 3.57. The van der Waals surface area contributed by atoms with Crippen LogP contribution < -0.4 is 10.0 Å². The van der Waals surface area contributed by atoms with Crippen LogP contribution in [0.4, 0.5) is 11.4 Å². The molecule has 122 valence electrons. The number of hydrogen-bond acceptors (Lipinski definition) is 3. The number of benzene rings is 2. The number of carbonyl (C=O) groups is 1. The van der Waals surface area contributed by atoms with Crippen molar-refractivity contribution in [2.45, 2.75) is 25.2 Å². The molecule has 0 radical (unpaired) electrons. The van der Waals surface area contributed by atoms with Crippen molar-refractivity contribution in [1.29, 1.82) is 0 Å². The number of anilines is 2. The van der Waals surface area contributed by atoms with Gasteiger partial charge in [-0.1, -0.05) is 28.9 Å². The first-order valence-corrected chi connectivity index (χ1v) is 9.28. The molecule has 1 amide bonds. The Morgan fingerprint density at radius 3 is 2.48 bits per heavy atom. The van der Waals surface area contributed by atoms with Crippen LogP contribution in [0.1, 0.15) is 18.9 Å². The molecule has 0 atom stereocenters. The zero-order chi connectivity index (χ0) is 17.0. The molecule has 7 heteroatoms. The lowest BCUT2D eigenvalue weighted by Gasteiger charge is -2.11. The summed E-state index contributed by atoms with van der Waals surface area (Å²) in [5, 5.41) is 2.69. The van der Waals surface area contributed by atoms with E-state index in [9.17, 15) is 13.2 Å². The molecule has 0 aliphatic rings. The minimum atomic E-state index is -3.69. The molecule has 0 saturated carbocycles. The summed E-state index contributed by atoms with van der Waals surface area (Å²) >= 11 is 3.35. The maximum absolute atomic E-state index is 12.4. The molecule has 2 rings (SSSR count). The fraction of sp³-hybridized carbons (Fsp3) is 0.188. The fourth-order valence-electron chi connectivity index (χ4n) is 1.91. The van der Waals surface area contributed by atoms with E-state index >= 15 is 0 Å². The van der Waals surface area contributed by atoms with E-state index in [1.165, 1.54) is 6.07 Å². The molecule has 0 aliphatic heterocycles. The molecule has 0 fully saturated rings. The first-order valence-electron chi connectivity index (χ1n) is 7.00. The van der Waals surface area contributed by atoms with Gasteiger partial charge in [-0.2, -0.15) is 0 Å². The van der Waals surface area contributed by atoms with Gasteiger partial charge < -0.3 is 5.32 Å². The maximum atomic E-state index is 12.4. The second-order valence-electron chi connectivity index (χ2n) is 5.00. The molecule has 2 aromatic carbocycles. The highest BCUT2D eigenvalue weighted by atomic mass is 79.9. The van der Waals surface area contributed by atoms with Crippen molar-refractivity contribution in [1.82, 2.24) is 0 Å². The van der Waals surface area contributed by atoms with Crippen LogP contribution in [0, 0.1) is 6.92 Å². The van der Waals surface area contributed by atoms with Gasteiger partial charge in [-0.15, -0.1) is 0 Å². The van der Waals surface area contributed by atoms with Crippen LogP contribution in [0.15, 0.2) is 51.8 Å². The number of sulfonamides is 1. The van der Waals surface area contributed by atoms with Gasteiger partial charge in [-0.3, -0.25) is 9.52 Å². The smallest absolute Gasteiger partial charge is 0.261 e. The van der Waals surface area contributed by atoms with Gasteiger partial charge in [-0.25, -0.2) is 8.42 Å². The predicted octanol–water partition coefficient (Wildman–Crippen LogP) is 3.91. The highest BCUT2D eigenvalue weighted by Gasteiger charge is 2.15. The van der Waals surface area contributed by atoms with Crippen LogP contribution in [-0.2, 0) is 14.8 Å². The van der Waals surface area contributed by atoms with Crippen molar-refractivity contribution in [3.05, 3.63) is 52.5 Å². The minimum absolute atomic E-state index is 0.131. The predicted molar refractivity (Wildman–Crippen MR) is 95.1 cm³/mol. The highest BCUT2D eigenvalue weighted by molar-refractivity contribution is 9.10. The molecular weight excluding hydrogens is 380 g/mol. The zero-order valence-electron chi connectivity index (χ0n) is 12.8. The Kier molecular flexibility index (Phi) is 5.43. The van der Waals surface area contributed by atoms with Crippen molar-refractivity contribution in [2.75, 3.05) is 10.0 Å². The molecule has 2 aromatic rings. The summed E-state index contributed by atoms with van der Waals surface area (Å²) < 4.78 is 28.2. The average Bonchev–Trinajstić information content (AvgIpc) is 2.49. The summed E-state index contributed by atoms with van der Waals surface area (Å²) in [5.74, 6) is -0.131. The maximum Gasteiger partial charge on any atom is 0.261 e. The van der Waals surface area contributed by atoms with Gasteiger partial charge in [0.1, 0.15) is 0 Å². The molecule has 5 nitrogen and oxygen atoms in total. The molecule has 0 bridgehead atoms. The van der Waals surface area contributed by atoms with Crippen molar-refractivity contribution in [3.8, 4) is 0 Å². The fourth-order valence-corrected chi connectivity index (χ4v) is 3.29. The number of hydrogen-bond donors (Lipinski definition) is 2. The van der Waals surface area contributed by atoms with Crippen LogP contribution in [-0.4, -0.2) is 14.3 Å². The van der Waals surface area contributed by atoms with E-state index < -0.39 is 10.0 Å². The first-order chi connectivity index (χ1) is 10.8. The summed E-state index contributed by atoms with van der Waals surface area (Å²) in [6.07, 6.45) is 0.355. The second kappa shape index (κ2) is 7.14. The van der Waals surface area contributed by atoms with Crippen molar-refractivity contribution in [2.24, 2.45) is 0 Å². The summed E-state index contributed by atoms with van der Waals surface area (Å²) in [6, 6.07) is 11.4. The van der Waals surface area contributed by atoms with Gasteiger partial charge in [0.25, 0.3) is 10.0 Å².